The van der Waals surface area contributed by atoms with Crippen LogP contribution < -0.4 is 10.2 Å². The van der Waals surface area contributed by atoms with Crippen molar-refractivity contribution in [3.63, 3.8) is 0 Å². The highest BCUT2D eigenvalue weighted by atomic mass is 19.1. The summed E-state index contributed by atoms with van der Waals surface area (Å²) in [6, 6.07) is 25.0. The smallest absolute Gasteiger partial charge is 0.316 e. The standard InChI is InChI=1S/C31H29FN4O2/c1-2-21-7-5-8-24(19-21)33-31(38)35(25-16-17-25)20-29(37)36-27-10-4-3-9-26(27)34-18-6-11-28(34)30(36)22-12-14-23(32)15-13-22/h3-15,18-19,25,30H,2,16-17,20H2,1H3,(H,33,38). The first kappa shape index (κ1) is 24.0. The van der Waals surface area contributed by atoms with Crippen molar-refractivity contribution < 1.29 is 14.0 Å². The molecule has 1 aliphatic heterocycles. The molecule has 4 aromatic rings. The zero-order chi connectivity index (χ0) is 26.2. The van der Waals surface area contributed by atoms with Crippen molar-refractivity contribution in [3.8, 4) is 5.69 Å². The second-order valence-electron chi connectivity index (χ2n) is 9.85. The number of amides is 3. The number of hydrogen-bond acceptors (Lipinski definition) is 2. The van der Waals surface area contributed by atoms with Crippen LogP contribution in [-0.2, 0) is 11.2 Å². The van der Waals surface area contributed by atoms with Crippen LogP contribution in [0.15, 0.2) is 91.1 Å². The number of aryl methyl sites for hydroxylation is 1. The lowest BCUT2D eigenvalue weighted by Crippen LogP contribution is -2.48. The van der Waals surface area contributed by atoms with E-state index in [4.69, 9.17) is 0 Å². The van der Waals surface area contributed by atoms with Crippen LogP contribution in [0.25, 0.3) is 5.69 Å². The molecule has 0 radical (unpaired) electrons. The molecule has 1 atom stereocenters. The van der Waals surface area contributed by atoms with Crippen molar-refractivity contribution in [3.05, 3.63) is 114 Å². The maximum atomic E-state index is 14.2. The molecule has 3 amide bonds. The molecule has 2 heterocycles. The van der Waals surface area contributed by atoms with Crippen LogP contribution in [0.2, 0.25) is 0 Å². The summed E-state index contributed by atoms with van der Waals surface area (Å²) in [7, 11) is 0. The molecular weight excluding hydrogens is 479 g/mol. The van der Waals surface area contributed by atoms with Crippen molar-refractivity contribution in [2.45, 2.75) is 38.3 Å². The topological polar surface area (TPSA) is 57.6 Å². The predicted molar refractivity (Wildman–Crippen MR) is 146 cm³/mol. The minimum absolute atomic E-state index is 0.0291. The van der Waals surface area contributed by atoms with Gasteiger partial charge in [-0.05, 0) is 78.9 Å². The molecule has 3 aromatic carbocycles. The van der Waals surface area contributed by atoms with Gasteiger partial charge in [-0.2, -0.15) is 0 Å². The van der Waals surface area contributed by atoms with E-state index in [-0.39, 0.29) is 30.3 Å². The quantitative estimate of drug-likeness (QED) is 0.332. The maximum Gasteiger partial charge on any atom is 0.322 e. The molecule has 7 heteroatoms. The lowest BCUT2D eigenvalue weighted by molar-refractivity contribution is -0.119. The largest absolute Gasteiger partial charge is 0.322 e. The summed E-state index contributed by atoms with van der Waals surface area (Å²) in [6.07, 6.45) is 4.59. The lowest BCUT2D eigenvalue weighted by Gasteiger charge is -2.39. The summed E-state index contributed by atoms with van der Waals surface area (Å²) in [4.78, 5) is 31.0. The van der Waals surface area contributed by atoms with E-state index in [1.807, 2.05) is 66.9 Å². The number of carbonyl (C=O) groups is 2. The Morgan fingerprint density at radius 3 is 2.45 bits per heavy atom. The molecule has 1 N–H and O–H groups in total. The van der Waals surface area contributed by atoms with E-state index in [1.54, 1.807) is 21.9 Å². The minimum atomic E-state index is -0.460. The van der Waals surface area contributed by atoms with Crippen LogP contribution in [0.4, 0.5) is 20.6 Å². The molecule has 192 valence electrons. The highest BCUT2D eigenvalue weighted by Crippen LogP contribution is 2.42. The molecule has 1 fully saturated rings. The Morgan fingerprint density at radius 2 is 1.71 bits per heavy atom. The number of nitrogens with one attached hydrogen (secondary N) is 1. The van der Waals surface area contributed by atoms with Gasteiger partial charge in [-0.1, -0.05) is 43.3 Å². The molecule has 6 nitrogen and oxygen atoms in total. The number of rotatable bonds is 6. The Morgan fingerprint density at radius 1 is 0.947 bits per heavy atom. The minimum Gasteiger partial charge on any atom is -0.316 e. The monoisotopic (exact) mass is 508 g/mol. The van der Waals surface area contributed by atoms with Crippen LogP contribution in [0.5, 0.6) is 0 Å². The van der Waals surface area contributed by atoms with E-state index in [0.717, 1.165) is 53.1 Å². The number of para-hydroxylation sites is 2. The summed E-state index contributed by atoms with van der Waals surface area (Å²) in [5.41, 5.74) is 5.19. The van der Waals surface area contributed by atoms with Gasteiger partial charge in [0.25, 0.3) is 0 Å². The fourth-order valence-electron chi connectivity index (χ4n) is 5.26. The van der Waals surface area contributed by atoms with E-state index < -0.39 is 6.04 Å². The van der Waals surface area contributed by atoms with Gasteiger partial charge in [0, 0.05) is 17.9 Å². The fourth-order valence-corrected chi connectivity index (χ4v) is 5.26. The number of fused-ring (bicyclic) bond motifs is 3. The van der Waals surface area contributed by atoms with E-state index >= 15 is 0 Å². The summed E-state index contributed by atoms with van der Waals surface area (Å²) in [6.45, 7) is 2.01. The summed E-state index contributed by atoms with van der Waals surface area (Å²) in [5.74, 6) is -0.523. The van der Waals surface area contributed by atoms with Crippen molar-refractivity contribution in [1.82, 2.24) is 9.47 Å². The van der Waals surface area contributed by atoms with Crippen molar-refractivity contribution in [1.29, 1.82) is 0 Å². The van der Waals surface area contributed by atoms with Crippen LogP contribution in [-0.4, -0.2) is 34.0 Å². The number of nitrogens with zero attached hydrogens (tertiary/aromatic N) is 3. The molecule has 0 bridgehead atoms. The summed E-state index contributed by atoms with van der Waals surface area (Å²) < 4.78 is 15.9. The van der Waals surface area contributed by atoms with Crippen molar-refractivity contribution >= 4 is 23.3 Å². The molecule has 6 rings (SSSR count). The van der Waals surface area contributed by atoms with Crippen LogP contribution in [0, 0.1) is 5.82 Å². The van der Waals surface area contributed by atoms with Gasteiger partial charge in [0.1, 0.15) is 18.4 Å². The molecular formula is C31H29FN4O2. The Balaban J connectivity index is 1.34. The van der Waals surface area contributed by atoms with Crippen LogP contribution in [0.3, 0.4) is 0 Å². The van der Waals surface area contributed by atoms with Gasteiger partial charge in [-0.25, -0.2) is 9.18 Å². The van der Waals surface area contributed by atoms with E-state index in [2.05, 4.69) is 16.8 Å². The maximum absolute atomic E-state index is 14.2. The number of aromatic nitrogens is 1. The van der Waals surface area contributed by atoms with Gasteiger partial charge >= 0.3 is 6.03 Å². The molecule has 1 aromatic heterocycles. The SMILES string of the molecule is CCc1cccc(NC(=O)N(CC(=O)N2c3ccccc3-n3cccc3C2c2ccc(F)cc2)C2CC2)c1. The molecule has 0 saturated heterocycles. The second kappa shape index (κ2) is 9.82. The number of hydrogen-bond donors (Lipinski definition) is 1. The van der Waals surface area contributed by atoms with E-state index in [1.165, 1.54) is 12.1 Å². The number of carbonyl (C=O) groups excluding carboxylic acids is 2. The van der Waals surface area contributed by atoms with E-state index in [0.29, 0.717) is 0 Å². The Kier molecular flexibility index (Phi) is 6.19. The Labute approximate surface area is 221 Å². The zero-order valence-electron chi connectivity index (χ0n) is 21.2. The van der Waals surface area contributed by atoms with Gasteiger partial charge in [-0.3, -0.25) is 9.69 Å². The highest BCUT2D eigenvalue weighted by Gasteiger charge is 2.40. The normalized spacial score (nSPS) is 15.9. The van der Waals surface area contributed by atoms with Crippen LogP contribution >= 0.6 is 0 Å². The first-order valence-electron chi connectivity index (χ1n) is 13.0. The molecule has 2 aliphatic rings. The third kappa shape index (κ3) is 4.45. The van der Waals surface area contributed by atoms with Gasteiger partial charge in [-0.15, -0.1) is 0 Å². The third-order valence-electron chi connectivity index (χ3n) is 7.31. The predicted octanol–water partition coefficient (Wildman–Crippen LogP) is 6.31. The Bertz CT molecular complexity index is 1490. The Hall–Kier alpha value is -4.39. The van der Waals surface area contributed by atoms with Gasteiger partial charge in [0.2, 0.25) is 5.91 Å². The number of anilines is 2. The zero-order valence-corrected chi connectivity index (χ0v) is 21.2. The number of halogens is 1. The average molecular weight is 509 g/mol. The fraction of sp³-hybridized carbons (Fsp3) is 0.226. The van der Waals surface area contributed by atoms with Gasteiger partial charge in [0.05, 0.1) is 17.1 Å². The molecule has 0 spiro atoms. The lowest BCUT2D eigenvalue weighted by atomic mass is 9.97. The number of urea groups is 1. The van der Waals surface area contributed by atoms with Gasteiger partial charge in [0.15, 0.2) is 0 Å². The second-order valence-corrected chi connectivity index (χ2v) is 9.85. The summed E-state index contributed by atoms with van der Waals surface area (Å²) in [5, 5.41) is 3.00. The molecule has 1 unspecified atom stereocenters. The van der Waals surface area contributed by atoms with Gasteiger partial charge < -0.3 is 14.8 Å². The molecule has 1 saturated carbocycles. The first-order valence-corrected chi connectivity index (χ1v) is 13.0. The first-order chi connectivity index (χ1) is 18.5. The highest BCUT2D eigenvalue weighted by molar-refractivity contribution is 6.01. The third-order valence-corrected chi connectivity index (χ3v) is 7.31. The van der Waals surface area contributed by atoms with Crippen molar-refractivity contribution in [2.24, 2.45) is 0 Å². The molecule has 38 heavy (non-hydrogen) atoms. The number of benzene rings is 3. The average Bonchev–Trinajstić information content (AvgIpc) is 3.66. The molecule has 1 aliphatic carbocycles. The van der Waals surface area contributed by atoms with Crippen LogP contribution in [0.1, 0.15) is 42.6 Å². The summed E-state index contributed by atoms with van der Waals surface area (Å²) >= 11 is 0. The van der Waals surface area contributed by atoms with E-state index in [9.17, 15) is 14.0 Å². The van der Waals surface area contributed by atoms with Crippen molar-refractivity contribution in [2.75, 3.05) is 16.8 Å².